The zero-order valence-corrected chi connectivity index (χ0v) is 8.95. The topological polar surface area (TPSA) is 61.8 Å². The summed E-state index contributed by atoms with van der Waals surface area (Å²) in [5.41, 5.74) is 0. The van der Waals surface area contributed by atoms with Crippen molar-refractivity contribution in [2.45, 2.75) is 13.8 Å². The minimum Gasteiger partial charge on any atom is -0.465 e. The first-order valence-corrected chi connectivity index (χ1v) is 5.06. The van der Waals surface area contributed by atoms with Gasteiger partial charge in [0.2, 0.25) is 0 Å². The van der Waals surface area contributed by atoms with Crippen molar-refractivity contribution in [3.8, 4) is 0 Å². The lowest BCUT2D eigenvalue weighted by molar-refractivity contribution is 0.0385. The van der Waals surface area contributed by atoms with Crippen LogP contribution in [0.15, 0.2) is 0 Å². The first-order valence-electron chi connectivity index (χ1n) is 5.06. The number of carboxylic acid groups (broad SMARTS) is 1. The van der Waals surface area contributed by atoms with E-state index in [4.69, 9.17) is 9.84 Å². The smallest absolute Gasteiger partial charge is 0.404 e. The fourth-order valence-electron chi connectivity index (χ4n) is 1.15. The van der Waals surface area contributed by atoms with Crippen LogP contribution in [0.3, 0.4) is 0 Å². The molecule has 0 aromatic heterocycles. The number of ether oxygens (including phenoxy) is 1. The number of carbonyl (C=O) groups is 1. The molecule has 1 heterocycles. The van der Waals surface area contributed by atoms with E-state index in [2.05, 4.69) is 10.2 Å². The van der Waals surface area contributed by atoms with Gasteiger partial charge in [0.15, 0.2) is 0 Å². The molecule has 0 aliphatic carbocycles. The molecule has 0 aromatic rings. The van der Waals surface area contributed by atoms with Crippen LogP contribution in [0.5, 0.6) is 0 Å². The summed E-state index contributed by atoms with van der Waals surface area (Å²) in [6.07, 6.45) is -0.955. The Labute approximate surface area is 86.5 Å². The highest BCUT2D eigenvalue weighted by Crippen LogP contribution is 1.94. The fourth-order valence-corrected chi connectivity index (χ4v) is 1.15. The summed E-state index contributed by atoms with van der Waals surface area (Å²) in [6.45, 7) is 8.59. The molecule has 14 heavy (non-hydrogen) atoms. The molecule has 1 aliphatic rings. The van der Waals surface area contributed by atoms with Gasteiger partial charge in [-0.25, -0.2) is 4.79 Å². The van der Waals surface area contributed by atoms with Gasteiger partial charge in [-0.1, -0.05) is 13.8 Å². The van der Waals surface area contributed by atoms with Crippen LogP contribution in [0, 0.1) is 0 Å². The predicted octanol–water partition coefficient (Wildman–Crippen LogP) is 0.858. The molecule has 5 heteroatoms. The fraction of sp³-hybridized carbons (Fsp3) is 0.889. The van der Waals surface area contributed by atoms with E-state index in [9.17, 15) is 4.79 Å². The molecule has 5 nitrogen and oxygen atoms in total. The summed E-state index contributed by atoms with van der Waals surface area (Å²) in [4.78, 5) is 12.3. The summed E-state index contributed by atoms with van der Waals surface area (Å²) >= 11 is 0. The van der Waals surface area contributed by atoms with Gasteiger partial charge in [0, 0.05) is 27.6 Å². The summed E-state index contributed by atoms with van der Waals surface area (Å²) in [5.74, 6) is 0. The van der Waals surface area contributed by atoms with Crippen LogP contribution < -0.4 is 5.32 Å². The van der Waals surface area contributed by atoms with Crippen LogP contribution in [-0.4, -0.2) is 55.5 Å². The third kappa shape index (κ3) is 6.68. The number of hydrogen-bond donors (Lipinski definition) is 2. The van der Waals surface area contributed by atoms with Crippen molar-refractivity contribution in [3.05, 3.63) is 0 Å². The molecule has 0 unspecified atom stereocenters. The molecule has 0 radical (unpaired) electrons. The number of amides is 1. The van der Waals surface area contributed by atoms with Crippen LogP contribution in [-0.2, 0) is 4.74 Å². The van der Waals surface area contributed by atoms with E-state index in [-0.39, 0.29) is 1.43 Å². The third-order valence-corrected chi connectivity index (χ3v) is 1.81. The largest absolute Gasteiger partial charge is 0.465 e. The van der Waals surface area contributed by atoms with E-state index in [0.717, 1.165) is 32.8 Å². The third-order valence-electron chi connectivity index (χ3n) is 1.81. The molecule has 0 bridgehead atoms. The van der Waals surface area contributed by atoms with Crippen LogP contribution in [0.2, 0.25) is 0 Å². The lowest BCUT2D eigenvalue weighted by Crippen LogP contribution is -2.41. The Kier molecular flexibility index (Phi) is 8.27. The van der Waals surface area contributed by atoms with Crippen molar-refractivity contribution in [1.29, 1.82) is 0 Å². The normalized spacial score (nSPS) is 16.7. The molecule has 1 rings (SSSR count). The van der Waals surface area contributed by atoms with Crippen molar-refractivity contribution in [1.82, 2.24) is 10.2 Å². The summed E-state index contributed by atoms with van der Waals surface area (Å²) < 4.78 is 5.15. The van der Waals surface area contributed by atoms with Crippen molar-refractivity contribution >= 4 is 6.09 Å². The first-order chi connectivity index (χ1) is 6.79. The number of nitrogens with zero attached hydrogens (tertiary/aromatic N) is 1. The van der Waals surface area contributed by atoms with E-state index in [1.807, 2.05) is 13.8 Å². The molecular formula is C9H22N2O3. The molecule has 2 N–H and O–H groups in total. The van der Waals surface area contributed by atoms with Gasteiger partial charge in [-0.05, 0) is 0 Å². The van der Waals surface area contributed by atoms with Gasteiger partial charge in [0.05, 0.1) is 13.2 Å². The Bertz CT molecular complexity index is 152. The average molecular weight is 206 g/mol. The minimum atomic E-state index is -0.955. The van der Waals surface area contributed by atoms with Gasteiger partial charge in [0.1, 0.15) is 0 Å². The summed E-state index contributed by atoms with van der Waals surface area (Å²) in [6, 6.07) is 0. The highest BCUT2D eigenvalue weighted by molar-refractivity contribution is 5.64. The second kappa shape index (κ2) is 8.77. The number of morpholine rings is 1. The molecule has 1 aliphatic heterocycles. The molecule has 0 atom stereocenters. The highest BCUT2D eigenvalue weighted by atomic mass is 16.5. The first kappa shape index (κ1) is 13.2. The van der Waals surface area contributed by atoms with Gasteiger partial charge in [0.25, 0.3) is 0 Å². The van der Waals surface area contributed by atoms with Crippen LogP contribution in [0.1, 0.15) is 15.3 Å². The van der Waals surface area contributed by atoms with E-state index in [0.29, 0.717) is 6.54 Å². The second-order valence-electron chi connectivity index (χ2n) is 2.69. The SMILES string of the molecule is CC.O=C(O)NCCN1CCOCC1.[HH]. The standard InChI is InChI=1S/C7H14N2O3.C2H6.H2/c10-7(11)8-1-2-9-3-5-12-6-4-9;1-2;/h8H,1-6H2,(H,10,11);1-2H3;1H. The van der Waals surface area contributed by atoms with Gasteiger partial charge in [-0.2, -0.15) is 0 Å². The second-order valence-corrected chi connectivity index (χ2v) is 2.69. The predicted molar refractivity (Wildman–Crippen MR) is 56.7 cm³/mol. The summed E-state index contributed by atoms with van der Waals surface area (Å²) in [5, 5.41) is 10.6. The number of nitrogens with one attached hydrogen (secondary N) is 1. The molecule has 1 amide bonds. The molecule has 1 saturated heterocycles. The molecule has 0 spiro atoms. The lowest BCUT2D eigenvalue weighted by Gasteiger charge is -2.26. The molecule has 0 aromatic carbocycles. The highest BCUT2D eigenvalue weighted by Gasteiger charge is 2.09. The maximum atomic E-state index is 10.1. The Morgan fingerprint density at radius 3 is 2.57 bits per heavy atom. The monoisotopic (exact) mass is 206 g/mol. The van der Waals surface area contributed by atoms with Gasteiger partial charge in [-0.3, -0.25) is 4.90 Å². The van der Waals surface area contributed by atoms with Crippen molar-refractivity contribution in [3.63, 3.8) is 0 Å². The quantitative estimate of drug-likeness (QED) is 0.719. The van der Waals surface area contributed by atoms with E-state index < -0.39 is 6.09 Å². The molecule has 0 saturated carbocycles. The molecule has 1 fully saturated rings. The summed E-state index contributed by atoms with van der Waals surface area (Å²) in [7, 11) is 0. The zero-order chi connectivity index (χ0) is 10.8. The Hall–Kier alpha value is -0.810. The van der Waals surface area contributed by atoms with Crippen molar-refractivity contribution in [2.75, 3.05) is 39.4 Å². The van der Waals surface area contributed by atoms with Crippen molar-refractivity contribution in [2.24, 2.45) is 0 Å². The van der Waals surface area contributed by atoms with E-state index in [1.54, 1.807) is 0 Å². The van der Waals surface area contributed by atoms with Crippen LogP contribution in [0.4, 0.5) is 4.79 Å². The van der Waals surface area contributed by atoms with Gasteiger partial charge < -0.3 is 15.2 Å². The Morgan fingerprint density at radius 1 is 1.50 bits per heavy atom. The number of rotatable bonds is 3. The van der Waals surface area contributed by atoms with E-state index in [1.165, 1.54) is 0 Å². The van der Waals surface area contributed by atoms with E-state index >= 15 is 0 Å². The minimum absolute atomic E-state index is 0. The lowest BCUT2D eigenvalue weighted by atomic mass is 10.4. The van der Waals surface area contributed by atoms with Crippen LogP contribution in [0.25, 0.3) is 0 Å². The maximum Gasteiger partial charge on any atom is 0.404 e. The molecule has 86 valence electrons. The maximum absolute atomic E-state index is 10.1. The van der Waals surface area contributed by atoms with Crippen molar-refractivity contribution < 1.29 is 16.1 Å². The Morgan fingerprint density at radius 2 is 2.07 bits per heavy atom. The van der Waals surface area contributed by atoms with Gasteiger partial charge >= 0.3 is 6.09 Å². The van der Waals surface area contributed by atoms with Crippen LogP contribution >= 0.6 is 0 Å². The van der Waals surface area contributed by atoms with Gasteiger partial charge in [-0.15, -0.1) is 0 Å². The average Bonchev–Trinajstić information content (AvgIpc) is 2.22. The Balaban J connectivity index is 0. The number of hydrogen-bond acceptors (Lipinski definition) is 3. The molecular weight excluding hydrogens is 184 g/mol. The zero-order valence-electron chi connectivity index (χ0n) is 8.95.